The van der Waals surface area contributed by atoms with Crippen LogP contribution in [0.2, 0.25) is 0 Å². The molecule has 0 aliphatic heterocycles. The van der Waals surface area contributed by atoms with Gasteiger partial charge in [0, 0.05) is 24.3 Å². The molecule has 3 aromatic heterocycles. The van der Waals surface area contributed by atoms with Crippen LogP contribution in [0.3, 0.4) is 0 Å². The fourth-order valence-electron chi connectivity index (χ4n) is 2.77. The second kappa shape index (κ2) is 7.18. The van der Waals surface area contributed by atoms with Crippen molar-refractivity contribution in [1.82, 2.24) is 19.9 Å². The van der Waals surface area contributed by atoms with E-state index in [0.717, 1.165) is 11.1 Å². The fourth-order valence-corrected chi connectivity index (χ4v) is 2.77. The van der Waals surface area contributed by atoms with Crippen molar-refractivity contribution in [1.29, 1.82) is 0 Å². The van der Waals surface area contributed by atoms with Crippen molar-refractivity contribution in [2.75, 3.05) is 17.2 Å². The first-order chi connectivity index (χ1) is 13.5. The Morgan fingerprint density at radius 3 is 2.57 bits per heavy atom. The molecule has 0 aliphatic carbocycles. The zero-order chi connectivity index (χ0) is 19.6. The Morgan fingerprint density at radius 1 is 0.964 bits per heavy atom. The largest absolute Gasteiger partial charge is 0.405 e. The number of nitrogens with one attached hydrogen (secondary N) is 3. The Bertz CT molecular complexity index is 1090. The highest BCUT2D eigenvalue weighted by atomic mass is 19.4. The first-order valence-corrected chi connectivity index (χ1v) is 8.41. The highest BCUT2D eigenvalue weighted by Gasteiger charge is 2.27. The Hall–Kier alpha value is -3.62. The lowest BCUT2D eigenvalue weighted by atomic mass is 10.1. The Balaban J connectivity index is 1.63. The minimum atomic E-state index is -4.35. The summed E-state index contributed by atoms with van der Waals surface area (Å²) in [5.74, 6) is 0.294. The Labute approximate surface area is 157 Å². The third-order valence-corrected chi connectivity index (χ3v) is 4.00. The van der Waals surface area contributed by atoms with E-state index >= 15 is 0 Å². The molecule has 28 heavy (non-hydrogen) atoms. The molecule has 142 valence electrons. The van der Waals surface area contributed by atoms with Gasteiger partial charge in [0.05, 0.1) is 5.39 Å². The number of H-pyrrole nitrogens is 1. The van der Waals surface area contributed by atoms with Crippen LogP contribution in [0, 0.1) is 0 Å². The molecular formula is C19H15F3N6. The summed E-state index contributed by atoms with van der Waals surface area (Å²) in [6.07, 6.45) is 0.665. The van der Waals surface area contributed by atoms with Crippen molar-refractivity contribution >= 4 is 28.5 Å². The molecule has 4 rings (SSSR count). The summed E-state index contributed by atoms with van der Waals surface area (Å²) in [6.45, 7) is -1.18. The van der Waals surface area contributed by atoms with Crippen LogP contribution in [0.4, 0.5) is 30.6 Å². The molecule has 0 radical (unpaired) electrons. The molecule has 0 unspecified atom stereocenters. The molecule has 0 spiro atoms. The summed E-state index contributed by atoms with van der Waals surface area (Å²) in [5, 5.41) is 5.87. The lowest BCUT2D eigenvalue weighted by Crippen LogP contribution is -2.22. The quantitative estimate of drug-likeness (QED) is 0.463. The van der Waals surface area contributed by atoms with E-state index in [1.807, 2.05) is 36.4 Å². The topological polar surface area (TPSA) is 78.5 Å². The van der Waals surface area contributed by atoms with E-state index in [-0.39, 0.29) is 11.8 Å². The summed E-state index contributed by atoms with van der Waals surface area (Å²) >= 11 is 0. The van der Waals surface area contributed by atoms with Crippen LogP contribution in [0.5, 0.6) is 0 Å². The number of aromatic amines is 1. The summed E-state index contributed by atoms with van der Waals surface area (Å²) < 4.78 is 37.8. The van der Waals surface area contributed by atoms with E-state index in [4.69, 9.17) is 0 Å². The molecular weight excluding hydrogens is 369 g/mol. The standard InChI is InChI=1S/C19H15F3N6/c20-19(21,22)11-25-17-15-6-9-24-16(15)27-18(28-17)26-14-3-1-2-13(10-14)12-4-7-23-8-5-12/h1-10H,11H2,(H3,24,25,26,27,28). The van der Waals surface area contributed by atoms with Crippen molar-refractivity contribution in [3.63, 3.8) is 0 Å². The molecule has 0 bridgehead atoms. The summed E-state index contributed by atoms with van der Waals surface area (Å²) in [7, 11) is 0. The normalized spacial score (nSPS) is 11.5. The van der Waals surface area contributed by atoms with Crippen molar-refractivity contribution in [2.24, 2.45) is 0 Å². The number of anilines is 3. The lowest BCUT2D eigenvalue weighted by molar-refractivity contribution is -0.115. The highest BCUT2D eigenvalue weighted by molar-refractivity contribution is 5.88. The van der Waals surface area contributed by atoms with Gasteiger partial charge in [0.15, 0.2) is 0 Å². The van der Waals surface area contributed by atoms with Gasteiger partial charge in [-0.1, -0.05) is 12.1 Å². The monoisotopic (exact) mass is 384 g/mol. The first kappa shape index (κ1) is 17.8. The van der Waals surface area contributed by atoms with E-state index in [1.54, 1.807) is 24.7 Å². The second-order valence-electron chi connectivity index (χ2n) is 6.05. The molecule has 9 heteroatoms. The van der Waals surface area contributed by atoms with Crippen LogP contribution in [-0.4, -0.2) is 32.7 Å². The van der Waals surface area contributed by atoms with Crippen molar-refractivity contribution in [2.45, 2.75) is 6.18 Å². The molecule has 6 nitrogen and oxygen atoms in total. The van der Waals surface area contributed by atoms with Gasteiger partial charge in [0.1, 0.15) is 18.0 Å². The second-order valence-corrected chi connectivity index (χ2v) is 6.05. The lowest BCUT2D eigenvalue weighted by Gasteiger charge is -2.12. The number of nitrogens with zero attached hydrogens (tertiary/aromatic N) is 3. The van der Waals surface area contributed by atoms with Gasteiger partial charge in [-0.3, -0.25) is 4.98 Å². The first-order valence-electron chi connectivity index (χ1n) is 8.41. The van der Waals surface area contributed by atoms with Gasteiger partial charge in [0.25, 0.3) is 0 Å². The molecule has 0 saturated heterocycles. The minimum Gasteiger partial charge on any atom is -0.360 e. The van der Waals surface area contributed by atoms with E-state index in [2.05, 4.69) is 30.6 Å². The number of halogens is 3. The number of hydrogen-bond donors (Lipinski definition) is 3. The smallest absolute Gasteiger partial charge is 0.360 e. The average Bonchev–Trinajstić information content (AvgIpc) is 3.15. The SMILES string of the molecule is FC(F)(F)CNc1nc(Nc2cccc(-c3ccncc3)c2)nc2[nH]ccc12. The molecule has 0 saturated carbocycles. The molecule has 0 aliphatic rings. The van der Waals surface area contributed by atoms with Crippen molar-refractivity contribution < 1.29 is 13.2 Å². The van der Waals surface area contributed by atoms with Gasteiger partial charge < -0.3 is 15.6 Å². The summed E-state index contributed by atoms with van der Waals surface area (Å²) in [5.41, 5.74) is 3.10. The van der Waals surface area contributed by atoms with Gasteiger partial charge in [-0.2, -0.15) is 23.1 Å². The summed E-state index contributed by atoms with van der Waals surface area (Å²) in [6, 6.07) is 13.0. The zero-order valence-electron chi connectivity index (χ0n) is 14.5. The van der Waals surface area contributed by atoms with Gasteiger partial charge >= 0.3 is 6.18 Å². The molecule has 4 aromatic rings. The van der Waals surface area contributed by atoms with Gasteiger partial charge in [-0.05, 0) is 41.5 Å². The maximum absolute atomic E-state index is 12.6. The van der Waals surface area contributed by atoms with Crippen LogP contribution >= 0.6 is 0 Å². The number of hydrogen-bond acceptors (Lipinski definition) is 5. The van der Waals surface area contributed by atoms with Crippen LogP contribution in [0.15, 0.2) is 61.1 Å². The average molecular weight is 384 g/mol. The van der Waals surface area contributed by atoms with Crippen LogP contribution < -0.4 is 10.6 Å². The molecule has 0 atom stereocenters. The van der Waals surface area contributed by atoms with E-state index in [1.165, 1.54) is 0 Å². The van der Waals surface area contributed by atoms with Crippen molar-refractivity contribution in [3.8, 4) is 11.1 Å². The minimum absolute atomic E-state index is 0.108. The third kappa shape index (κ3) is 4.03. The third-order valence-electron chi connectivity index (χ3n) is 4.00. The maximum Gasteiger partial charge on any atom is 0.405 e. The zero-order valence-corrected chi connectivity index (χ0v) is 14.5. The number of aromatic nitrogens is 4. The van der Waals surface area contributed by atoms with Gasteiger partial charge in [0.2, 0.25) is 5.95 Å². The molecule has 0 fully saturated rings. The summed E-state index contributed by atoms with van der Waals surface area (Å²) in [4.78, 5) is 15.4. The Kier molecular flexibility index (Phi) is 4.56. The van der Waals surface area contributed by atoms with Gasteiger partial charge in [-0.25, -0.2) is 0 Å². The fraction of sp³-hybridized carbons (Fsp3) is 0.105. The highest BCUT2D eigenvalue weighted by Crippen LogP contribution is 2.26. The van der Waals surface area contributed by atoms with E-state index < -0.39 is 12.7 Å². The molecule has 3 N–H and O–H groups in total. The molecule has 1 aromatic carbocycles. The number of pyridine rings is 1. The van der Waals surface area contributed by atoms with Crippen LogP contribution in [0.25, 0.3) is 22.2 Å². The van der Waals surface area contributed by atoms with Crippen LogP contribution in [-0.2, 0) is 0 Å². The predicted octanol–water partition coefficient (Wildman–Crippen LogP) is 4.74. The number of benzene rings is 1. The number of rotatable bonds is 5. The Morgan fingerprint density at radius 2 is 1.79 bits per heavy atom. The molecule has 3 heterocycles. The van der Waals surface area contributed by atoms with E-state index in [9.17, 15) is 13.2 Å². The van der Waals surface area contributed by atoms with Gasteiger partial charge in [-0.15, -0.1) is 0 Å². The van der Waals surface area contributed by atoms with Crippen LogP contribution in [0.1, 0.15) is 0 Å². The van der Waals surface area contributed by atoms with E-state index in [0.29, 0.717) is 16.7 Å². The predicted molar refractivity (Wildman–Crippen MR) is 101 cm³/mol. The molecule has 0 amide bonds. The number of alkyl halides is 3. The van der Waals surface area contributed by atoms with Crippen molar-refractivity contribution in [3.05, 3.63) is 61.1 Å². The number of fused-ring (bicyclic) bond motifs is 1. The maximum atomic E-state index is 12.6.